The molecule has 2 aromatic carbocycles. The van der Waals surface area contributed by atoms with Crippen molar-refractivity contribution in [3.8, 4) is 5.75 Å². The Hall–Kier alpha value is -2.09. The average Bonchev–Trinajstić information content (AvgIpc) is 2.45. The van der Waals surface area contributed by atoms with Crippen molar-refractivity contribution < 1.29 is 9.53 Å². The molecule has 0 spiro atoms. The van der Waals surface area contributed by atoms with Gasteiger partial charge in [-0.2, -0.15) is 0 Å². The van der Waals surface area contributed by atoms with Gasteiger partial charge in [0.15, 0.2) is 5.78 Å². The summed E-state index contributed by atoms with van der Waals surface area (Å²) in [5, 5.41) is 0. The van der Waals surface area contributed by atoms with Crippen LogP contribution in [-0.2, 0) is 0 Å². The SMILES string of the molecule is COc1cc(C)ccc1C(=O)c1ccc(C2CCC2)cc1. The lowest BCUT2D eigenvalue weighted by atomic mass is 9.80. The van der Waals surface area contributed by atoms with E-state index in [2.05, 4.69) is 12.1 Å². The van der Waals surface area contributed by atoms with Crippen LogP contribution in [0.4, 0.5) is 0 Å². The first-order valence-corrected chi connectivity index (χ1v) is 7.48. The fourth-order valence-corrected chi connectivity index (χ4v) is 2.79. The average molecular weight is 280 g/mol. The Balaban J connectivity index is 1.87. The van der Waals surface area contributed by atoms with E-state index in [4.69, 9.17) is 4.74 Å². The Bertz CT molecular complexity index is 652. The Kier molecular flexibility index (Phi) is 3.78. The highest BCUT2D eigenvalue weighted by Crippen LogP contribution is 2.36. The lowest BCUT2D eigenvalue weighted by Crippen LogP contribution is -2.09. The van der Waals surface area contributed by atoms with Crippen molar-refractivity contribution in [2.24, 2.45) is 0 Å². The second-order valence-electron chi connectivity index (χ2n) is 5.78. The summed E-state index contributed by atoms with van der Waals surface area (Å²) < 4.78 is 5.34. The number of ether oxygens (including phenoxy) is 1. The highest BCUT2D eigenvalue weighted by atomic mass is 16.5. The van der Waals surface area contributed by atoms with Crippen LogP contribution in [-0.4, -0.2) is 12.9 Å². The topological polar surface area (TPSA) is 26.3 Å². The molecular formula is C19H20O2. The Labute approximate surface area is 125 Å². The molecule has 0 amide bonds. The van der Waals surface area contributed by atoms with E-state index in [1.165, 1.54) is 24.8 Å². The van der Waals surface area contributed by atoms with Gasteiger partial charge in [-0.1, -0.05) is 36.8 Å². The minimum Gasteiger partial charge on any atom is -0.496 e. The molecule has 1 fully saturated rings. The number of methoxy groups -OCH3 is 1. The van der Waals surface area contributed by atoms with Gasteiger partial charge in [0.2, 0.25) is 0 Å². The van der Waals surface area contributed by atoms with Crippen molar-refractivity contribution in [3.05, 3.63) is 64.7 Å². The predicted octanol–water partition coefficient (Wildman–Crippen LogP) is 4.50. The molecule has 2 nitrogen and oxygen atoms in total. The van der Waals surface area contributed by atoms with E-state index in [9.17, 15) is 4.79 Å². The maximum atomic E-state index is 12.6. The van der Waals surface area contributed by atoms with Gasteiger partial charge in [-0.15, -0.1) is 0 Å². The van der Waals surface area contributed by atoms with Crippen LogP contribution in [0.1, 0.15) is 52.2 Å². The summed E-state index contributed by atoms with van der Waals surface area (Å²) in [7, 11) is 1.60. The zero-order chi connectivity index (χ0) is 14.8. The van der Waals surface area contributed by atoms with Gasteiger partial charge in [0.05, 0.1) is 12.7 Å². The largest absolute Gasteiger partial charge is 0.496 e. The molecule has 0 saturated heterocycles. The molecule has 21 heavy (non-hydrogen) atoms. The third-order valence-corrected chi connectivity index (χ3v) is 4.35. The molecule has 3 rings (SSSR count). The quantitative estimate of drug-likeness (QED) is 0.771. The summed E-state index contributed by atoms with van der Waals surface area (Å²) in [6.45, 7) is 1.99. The zero-order valence-corrected chi connectivity index (χ0v) is 12.6. The van der Waals surface area contributed by atoms with Gasteiger partial charge in [-0.05, 0) is 48.9 Å². The maximum absolute atomic E-state index is 12.6. The van der Waals surface area contributed by atoms with E-state index >= 15 is 0 Å². The molecule has 0 radical (unpaired) electrons. The van der Waals surface area contributed by atoms with Gasteiger partial charge in [0.1, 0.15) is 5.75 Å². The van der Waals surface area contributed by atoms with Crippen molar-refractivity contribution in [1.29, 1.82) is 0 Å². The van der Waals surface area contributed by atoms with Gasteiger partial charge in [-0.25, -0.2) is 0 Å². The van der Waals surface area contributed by atoms with Crippen LogP contribution in [0.25, 0.3) is 0 Å². The molecule has 0 bridgehead atoms. The van der Waals surface area contributed by atoms with Crippen molar-refractivity contribution in [2.45, 2.75) is 32.1 Å². The van der Waals surface area contributed by atoms with Crippen molar-refractivity contribution >= 4 is 5.78 Å². The van der Waals surface area contributed by atoms with Crippen LogP contribution in [0, 0.1) is 6.92 Å². The number of carbonyl (C=O) groups is 1. The number of hydrogen-bond acceptors (Lipinski definition) is 2. The molecule has 0 aliphatic heterocycles. The standard InChI is InChI=1S/C19H20O2/c1-13-6-11-17(18(12-13)21-2)19(20)16-9-7-15(8-10-16)14-4-3-5-14/h6-12,14H,3-5H2,1-2H3. The highest BCUT2D eigenvalue weighted by Gasteiger charge is 2.20. The van der Waals surface area contributed by atoms with E-state index < -0.39 is 0 Å². The van der Waals surface area contributed by atoms with E-state index in [1.54, 1.807) is 7.11 Å². The van der Waals surface area contributed by atoms with Crippen molar-refractivity contribution in [3.63, 3.8) is 0 Å². The lowest BCUT2D eigenvalue weighted by Gasteiger charge is -2.25. The number of benzene rings is 2. The van der Waals surface area contributed by atoms with Crippen LogP contribution in [0.15, 0.2) is 42.5 Å². The fourth-order valence-electron chi connectivity index (χ4n) is 2.79. The Morgan fingerprint density at radius 1 is 1.10 bits per heavy atom. The molecule has 0 unspecified atom stereocenters. The van der Waals surface area contributed by atoms with Gasteiger partial charge >= 0.3 is 0 Å². The second kappa shape index (κ2) is 5.72. The first kappa shape index (κ1) is 13.9. The number of hydrogen-bond donors (Lipinski definition) is 0. The van der Waals surface area contributed by atoms with Crippen LogP contribution in [0.2, 0.25) is 0 Å². The number of rotatable bonds is 4. The maximum Gasteiger partial charge on any atom is 0.196 e. The van der Waals surface area contributed by atoms with Crippen LogP contribution < -0.4 is 4.74 Å². The smallest absolute Gasteiger partial charge is 0.196 e. The van der Waals surface area contributed by atoms with Gasteiger partial charge in [0.25, 0.3) is 0 Å². The summed E-state index contributed by atoms with van der Waals surface area (Å²) >= 11 is 0. The molecule has 1 aliphatic carbocycles. The molecular weight excluding hydrogens is 260 g/mol. The molecule has 0 atom stereocenters. The first-order valence-electron chi connectivity index (χ1n) is 7.48. The van der Waals surface area contributed by atoms with Gasteiger partial charge < -0.3 is 4.74 Å². The normalized spacial score (nSPS) is 14.6. The van der Waals surface area contributed by atoms with Crippen LogP contribution in [0.5, 0.6) is 5.75 Å². The monoisotopic (exact) mass is 280 g/mol. The molecule has 0 N–H and O–H groups in total. The van der Waals surface area contributed by atoms with E-state index in [-0.39, 0.29) is 5.78 Å². The molecule has 2 heteroatoms. The third kappa shape index (κ3) is 2.71. The first-order chi connectivity index (χ1) is 10.2. The zero-order valence-electron chi connectivity index (χ0n) is 12.6. The molecule has 0 aromatic heterocycles. The molecule has 2 aromatic rings. The van der Waals surface area contributed by atoms with Crippen molar-refractivity contribution in [2.75, 3.05) is 7.11 Å². The van der Waals surface area contributed by atoms with E-state index in [0.29, 0.717) is 17.2 Å². The molecule has 0 heterocycles. The van der Waals surface area contributed by atoms with E-state index in [1.807, 2.05) is 37.3 Å². The summed E-state index contributed by atoms with van der Waals surface area (Å²) in [6.07, 6.45) is 3.88. The Morgan fingerprint density at radius 3 is 2.38 bits per heavy atom. The summed E-state index contributed by atoms with van der Waals surface area (Å²) in [5.74, 6) is 1.36. The van der Waals surface area contributed by atoms with E-state index in [0.717, 1.165) is 11.1 Å². The Morgan fingerprint density at radius 2 is 1.81 bits per heavy atom. The lowest BCUT2D eigenvalue weighted by molar-refractivity contribution is 0.103. The number of carbonyl (C=O) groups excluding carboxylic acids is 1. The van der Waals surface area contributed by atoms with Gasteiger partial charge in [-0.3, -0.25) is 4.79 Å². The van der Waals surface area contributed by atoms with Crippen LogP contribution >= 0.6 is 0 Å². The molecule has 1 aliphatic rings. The predicted molar refractivity (Wildman–Crippen MR) is 84.2 cm³/mol. The molecule has 1 saturated carbocycles. The summed E-state index contributed by atoms with van der Waals surface area (Å²) in [4.78, 5) is 12.6. The third-order valence-electron chi connectivity index (χ3n) is 4.35. The number of aryl methyl sites for hydroxylation is 1. The second-order valence-corrected chi connectivity index (χ2v) is 5.78. The summed E-state index contributed by atoms with van der Waals surface area (Å²) in [5.41, 5.74) is 3.79. The van der Waals surface area contributed by atoms with Crippen molar-refractivity contribution in [1.82, 2.24) is 0 Å². The minimum absolute atomic E-state index is 0.0204. The van der Waals surface area contributed by atoms with Crippen LogP contribution in [0.3, 0.4) is 0 Å². The molecule has 108 valence electrons. The minimum atomic E-state index is 0.0204. The highest BCUT2D eigenvalue weighted by molar-refractivity contribution is 6.10. The summed E-state index contributed by atoms with van der Waals surface area (Å²) in [6, 6.07) is 13.8. The van der Waals surface area contributed by atoms with Gasteiger partial charge in [0, 0.05) is 5.56 Å². The number of ketones is 1. The fraction of sp³-hybridized carbons (Fsp3) is 0.316.